The van der Waals surface area contributed by atoms with Crippen LogP contribution >= 0.6 is 11.6 Å². The van der Waals surface area contributed by atoms with E-state index in [9.17, 15) is 9.59 Å². The molecule has 0 aliphatic rings. The summed E-state index contributed by atoms with van der Waals surface area (Å²) in [6.07, 6.45) is 3.98. The van der Waals surface area contributed by atoms with Gasteiger partial charge in [0.05, 0.1) is 0 Å². The Bertz CT molecular complexity index is 432. The number of aryl methyl sites for hydroxylation is 1. The molecule has 2 N–H and O–H groups in total. The molecule has 0 unspecified atom stereocenters. The number of alkyl halides is 1. The van der Waals surface area contributed by atoms with Crippen LogP contribution in [0.2, 0.25) is 0 Å². The molecule has 1 aromatic carbocycles. The van der Waals surface area contributed by atoms with Crippen molar-refractivity contribution in [3.63, 3.8) is 0 Å². The Morgan fingerprint density at radius 2 is 1.80 bits per heavy atom. The number of halogens is 1. The Kier molecular flexibility index (Phi) is 7.73. The molecule has 0 fully saturated rings. The average Bonchev–Trinajstić information content (AvgIpc) is 2.46. The number of unbranched alkanes of at least 4 members (excludes halogenated alkanes) is 1. The topological polar surface area (TPSA) is 58.2 Å². The highest BCUT2D eigenvalue weighted by Gasteiger charge is 2.12. The molecule has 20 heavy (non-hydrogen) atoms. The summed E-state index contributed by atoms with van der Waals surface area (Å²) < 4.78 is 0. The first kappa shape index (κ1) is 16.5. The molecule has 0 saturated carbocycles. The second kappa shape index (κ2) is 9.37. The van der Waals surface area contributed by atoms with Gasteiger partial charge in [-0.05, 0) is 37.0 Å². The maximum absolute atomic E-state index is 11.6. The minimum Gasteiger partial charge on any atom is -0.348 e. The summed E-state index contributed by atoms with van der Waals surface area (Å²) in [5.41, 5.74) is 1.86. The van der Waals surface area contributed by atoms with Crippen molar-refractivity contribution in [1.82, 2.24) is 5.32 Å². The van der Waals surface area contributed by atoms with Gasteiger partial charge in [0.15, 0.2) is 0 Å². The van der Waals surface area contributed by atoms with Crippen LogP contribution < -0.4 is 10.6 Å². The van der Waals surface area contributed by atoms with Gasteiger partial charge in [0, 0.05) is 18.1 Å². The monoisotopic (exact) mass is 296 g/mol. The summed E-state index contributed by atoms with van der Waals surface area (Å²) in [6.45, 7) is 2.56. The van der Waals surface area contributed by atoms with Gasteiger partial charge in [0.25, 0.3) is 0 Å². The van der Waals surface area contributed by atoms with Crippen molar-refractivity contribution in [2.45, 2.75) is 32.6 Å². The molecule has 5 heteroatoms. The van der Waals surface area contributed by atoms with Crippen LogP contribution in [0.3, 0.4) is 0 Å². The Morgan fingerprint density at radius 3 is 2.40 bits per heavy atom. The number of anilines is 1. The molecule has 0 aromatic heterocycles. The Hall–Kier alpha value is -1.55. The summed E-state index contributed by atoms with van der Waals surface area (Å²) in [5.74, 6) is -0.827. The largest absolute Gasteiger partial charge is 0.348 e. The standard InChI is InChI=1S/C15H21ClN2O2/c1-2-3-5-12-6-8-13(9-7-12)18-15(20)14(19)17-11-4-10-16/h6-9H,2-5,10-11H2,1H3,(H,17,19)(H,18,20). The summed E-state index contributed by atoms with van der Waals surface area (Å²) in [5, 5.41) is 5.08. The molecule has 4 nitrogen and oxygen atoms in total. The fourth-order valence-corrected chi connectivity index (χ4v) is 1.81. The first-order chi connectivity index (χ1) is 9.67. The minimum absolute atomic E-state index is 0.408. The number of hydrogen-bond acceptors (Lipinski definition) is 2. The normalized spacial score (nSPS) is 10.1. The van der Waals surface area contributed by atoms with Gasteiger partial charge < -0.3 is 10.6 Å². The number of nitrogens with one attached hydrogen (secondary N) is 2. The molecule has 0 saturated heterocycles. The number of rotatable bonds is 7. The van der Waals surface area contributed by atoms with Crippen LogP contribution in [-0.2, 0) is 16.0 Å². The molecule has 1 rings (SSSR count). The summed E-state index contributed by atoms with van der Waals surface area (Å²) in [6, 6.07) is 7.57. The van der Waals surface area contributed by atoms with Gasteiger partial charge >= 0.3 is 11.8 Å². The summed E-state index contributed by atoms with van der Waals surface area (Å²) >= 11 is 5.49. The van der Waals surface area contributed by atoms with Crippen molar-refractivity contribution in [3.8, 4) is 0 Å². The molecular weight excluding hydrogens is 276 g/mol. The SMILES string of the molecule is CCCCc1ccc(NC(=O)C(=O)NCCCCl)cc1. The second-order valence-electron chi connectivity index (χ2n) is 4.55. The van der Waals surface area contributed by atoms with Crippen molar-refractivity contribution in [2.24, 2.45) is 0 Å². The Morgan fingerprint density at radius 1 is 1.10 bits per heavy atom. The van der Waals surface area contributed by atoms with Crippen molar-refractivity contribution in [2.75, 3.05) is 17.7 Å². The van der Waals surface area contributed by atoms with Crippen LogP contribution in [0.5, 0.6) is 0 Å². The van der Waals surface area contributed by atoms with Crippen LogP contribution in [-0.4, -0.2) is 24.2 Å². The minimum atomic E-state index is -0.652. The molecule has 0 atom stereocenters. The highest BCUT2D eigenvalue weighted by molar-refractivity contribution is 6.39. The zero-order chi connectivity index (χ0) is 14.8. The van der Waals surface area contributed by atoms with E-state index in [1.165, 1.54) is 5.56 Å². The van der Waals surface area contributed by atoms with Gasteiger partial charge in [-0.25, -0.2) is 0 Å². The van der Waals surface area contributed by atoms with Gasteiger partial charge in [0.1, 0.15) is 0 Å². The van der Waals surface area contributed by atoms with Gasteiger partial charge in [-0.2, -0.15) is 0 Å². The molecular formula is C15H21ClN2O2. The molecule has 0 aliphatic carbocycles. The van der Waals surface area contributed by atoms with E-state index in [1.54, 1.807) is 0 Å². The fourth-order valence-electron chi connectivity index (χ4n) is 1.67. The highest BCUT2D eigenvalue weighted by atomic mass is 35.5. The number of carbonyl (C=O) groups is 2. The van der Waals surface area contributed by atoms with E-state index in [0.717, 1.165) is 19.3 Å². The fraction of sp³-hybridized carbons (Fsp3) is 0.467. The van der Waals surface area contributed by atoms with E-state index < -0.39 is 11.8 Å². The molecule has 0 aliphatic heterocycles. The van der Waals surface area contributed by atoms with Crippen molar-refractivity contribution in [3.05, 3.63) is 29.8 Å². The molecule has 1 aromatic rings. The Labute approximate surface area is 124 Å². The first-order valence-corrected chi connectivity index (χ1v) is 7.45. The molecule has 0 bridgehead atoms. The van der Waals surface area contributed by atoms with E-state index in [0.29, 0.717) is 24.5 Å². The number of amides is 2. The highest BCUT2D eigenvalue weighted by Crippen LogP contribution is 2.11. The maximum Gasteiger partial charge on any atom is 0.313 e. The Balaban J connectivity index is 2.43. The van der Waals surface area contributed by atoms with Gasteiger partial charge in [-0.15, -0.1) is 11.6 Å². The second-order valence-corrected chi connectivity index (χ2v) is 4.93. The maximum atomic E-state index is 11.6. The van der Waals surface area contributed by atoms with Crippen LogP contribution in [0.25, 0.3) is 0 Å². The third-order valence-electron chi connectivity index (χ3n) is 2.83. The molecule has 0 heterocycles. The van der Waals surface area contributed by atoms with Crippen LogP contribution in [0, 0.1) is 0 Å². The average molecular weight is 297 g/mol. The molecule has 0 radical (unpaired) electrons. The van der Waals surface area contributed by atoms with Crippen LogP contribution in [0.15, 0.2) is 24.3 Å². The quantitative estimate of drug-likeness (QED) is 0.462. The van der Waals surface area contributed by atoms with E-state index in [2.05, 4.69) is 17.6 Å². The zero-order valence-electron chi connectivity index (χ0n) is 11.7. The van der Waals surface area contributed by atoms with Gasteiger partial charge in [-0.3, -0.25) is 9.59 Å². The lowest BCUT2D eigenvalue weighted by molar-refractivity contribution is -0.136. The van der Waals surface area contributed by atoms with Gasteiger partial charge in [-0.1, -0.05) is 25.5 Å². The molecule has 0 spiro atoms. The zero-order valence-corrected chi connectivity index (χ0v) is 12.5. The smallest absolute Gasteiger partial charge is 0.313 e. The van der Waals surface area contributed by atoms with E-state index in [4.69, 9.17) is 11.6 Å². The number of hydrogen-bond donors (Lipinski definition) is 2. The summed E-state index contributed by atoms with van der Waals surface area (Å²) in [7, 11) is 0. The van der Waals surface area contributed by atoms with E-state index >= 15 is 0 Å². The summed E-state index contributed by atoms with van der Waals surface area (Å²) in [4.78, 5) is 23.1. The predicted octanol–water partition coefficient (Wildman–Crippen LogP) is 2.71. The predicted molar refractivity (Wildman–Crippen MR) is 82.0 cm³/mol. The third kappa shape index (κ3) is 6.06. The van der Waals surface area contributed by atoms with Crippen molar-refractivity contribution < 1.29 is 9.59 Å². The lowest BCUT2D eigenvalue weighted by Gasteiger charge is -2.07. The lowest BCUT2D eigenvalue weighted by Crippen LogP contribution is -2.36. The van der Waals surface area contributed by atoms with E-state index in [-0.39, 0.29) is 0 Å². The third-order valence-corrected chi connectivity index (χ3v) is 3.10. The number of benzene rings is 1. The van der Waals surface area contributed by atoms with Crippen molar-refractivity contribution >= 4 is 29.1 Å². The molecule has 2 amide bonds. The number of carbonyl (C=O) groups excluding carboxylic acids is 2. The van der Waals surface area contributed by atoms with Crippen LogP contribution in [0.4, 0.5) is 5.69 Å². The van der Waals surface area contributed by atoms with Crippen LogP contribution in [0.1, 0.15) is 31.7 Å². The van der Waals surface area contributed by atoms with Gasteiger partial charge in [0.2, 0.25) is 0 Å². The molecule has 110 valence electrons. The lowest BCUT2D eigenvalue weighted by atomic mass is 10.1. The van der Waals surface area contributed by atoms with Crippen molar-refractivity contribution in [1.29, 1.82) is 0 Å². The van der Waals surface area contributed by atoms with E-state index in [1.807, 2.05) is 24.3 Å². The first-order valence-electron chi connectivity index (χ1n) is 6.91.